The zero-order valence-corrected chi connectivity index (χ0v) is 12.7. The molecule has 23 heavy (non-hydrogen) atoms. The highest BCUT2D eigenvalue weighted by Gasteiger charge is 2.25. The van der Waals surface area contributed by atoms with Crippen LogP contribution in [0, 0.1) is 0 Å². The van der Waals surface area contributed by atoms with Gasteiger partial charge >= 0.3 is 0 Å². The van der Waals surface area contributed by atoms with Gasteiger partial charge in [0.2, 0.25) is 0 Å². The van der Waals surface area contributed by atoms with Gasteiger partial charge in [0.05, 0.1) is 12.6 Å². The largest absolute Gasteiger partial charge is 0.497 e. The number of ketones is 1. The minimum Gasteiger partial charge on any atom is -0.497 e. The molecule has 0 saturated carbocycles. The zero-order chi connectivity index (χ0) is 15.8. The van der Waals surface area contributed by atoms with Crippen LogP contribution in [0.5, 0.6) is 5.75 Å². The quantitative estimate of drug-likeness (QED) is 0.670. The normalized spacial score (nSPS) is 15.2. The molecule has 3 nitrogen and oxygen atoms in total. The zero-order valence-electron chi connectivity index (χ0n) is 12.7. The SMILES string of the molecule is COc1ccc2c(c1)C(=O)C(=Cc1ccc3ncccc3c1)C2. The van der Waals surface area contributed by atoms with Gasteiger partial charge in [-0.05, 0) is 47.5 Å². The molecule has 0 saturated heterocycles. The number of ether oxygens (including phenoxy) is 1. The Bertz CT molecular complexity index is 957. The Balaban J connectivity index is 1.72. The topological polar surface area (TPSA) is 39.2 Å². The molecule has 0 spiro atoms. The number of Topliss-reactive ketones (excluding diaryl/α,β-unsaturated/α-hetero) is 1. The van der Waals surface area contributed by atoms with Crippen LogP contribution in [0.3, 0.4) is 0 Å². The number of pyridine rings is 1. The molecule has 4 rings (SSSR count). The van der Waals surface area contributed by atoms with Crippen molar-refractivity contribution in [2.24, 2.45) is 0 Å². The second-order valence-corrected chi connectivity index (χ2v) is 5.65. The predicted octanol–water partition coefficient (Wildman–Crippen LogP) is 4.07. The van der Waals surface area contributed by atoms with E-state index in [1.54, 1.807) is 13.3 Å². The molecular formula is C20H15NO2. The van der Waals surface area contributed by atoms with Crippen LogP contribution in [0.25, 0.3) is 17.0 Å². The first kappa shape index (κ1) is 13.7. The maximum Gasteiger partial charge on any atom is 0.189 e. The summed E-state index contributed by atoms with van der Waals surface area (Å²) in [6, 6.07) is 15.7. The lowest BCUT2D eigenvalue weighted by atomic mass is 10.1. The van der Waals surface area contributed by atoms with Crippen molar-refractivity contribution < 1.29 is 9.53 Å². The molecule has 0 N–H and O–H groups in total. The van der Waals surface area contributed by atoms with E-state index in [2.05, 4.69) is 11.1 Å². The lowest BCUT2D eigenvalue weighted by molar-refractivity contribution is 0.104. The van der Waals surface area contributed by atoms with Crippen LogP contribution in [-0.4, -0.2) is 17.9 Å². The van der Waals surface area contributed by atoms with Crippen LogP contribution < -0.4 is 4.74 Å². The summed E-state index contributed by atoms with van der Waals surface area (Å²) in [5.41, 5.74) is 4.60. The minimum absolute atomic E-state index is 0.0881. The van der Waals surface area contributed by atoms with Gasteiger partial charge in [0.25, 0.3) is 0 Å². The van der Waals surface area contributed by atoms with Gasteiger partial charge in [-0.2, -0.15) is 0 Å². The highest BCUT2D eigenvalue weighted by Crippen LogP contribution is 2.31. The highest BCUT2D eigenvalue weighted by atomic mass is 16.5. The van der Waals surface area contributed by atoms with E-state index < -0.39 is 0 Å². The first-order chi connectivity index (χ1) is 11.2. The molecule has 3 heteroatoms. The smallest absolute Gasteiger partial charge is 0.189 e. The summed E-state index contributed by atoms with van der Waals surface area (Å²) in [6.07, 6.45) is 4.43. The van der Waals surface area contributed by atoms with E-state index >= 15 is 0 Å². The molecule has 2 aromatic carbocycles. The first-order valence-electron chi connectivity index (χ1n) is 7.51. The second kappa shape index (κ2) is 5.36. The molecule has 0 bridgehead atoms. The molecule has 0 unspecified atom stereocenters. The number of benzene rings is 2. The molecule has 112 valence electrons. The van der Waals surface area contributed by atoms with Crippen molar-refractivity contribution in [3.05, 3.63) is 77.0 Å². The Kier molecular flexibility index (Phi) is 3.19. The molecule has 1 aliphatic rings. The van der Waals surface area contributed by atoms with Crippen LogP contribution in [0.1, 0.15) is 21.5 Å². The summed E-state index contributed by atoms with van der Waals surface area (Å²) in [6.45, 7) is 0. The van der Waals surface area contributed by atoms with Crippen molar-refractivity contribution in [3.63, 3.8) is 0 Å². The third-order valence-electron chi connectivity index (χ3n) is 4.20. The molecule has 0 fully saturated rings. The summed E-state index contributed by atoms with van der Waals surface area (Å²) in [5, 5.41) is 1.08. The van der Waals surface area contributed by atoms with E-state index in [4.69, 9.17) is 4.74 Å². The fourth-order valence-electron chi connectivity index (χ4n) is 3.01. The van der Waals surface area contributed by atoms with Crippen LogP contribution in [-0.2, 0) is 6.42 Å². The molecule has 1 heterocycles. The van der Waals surface area contributed by atoms with E-state index in [0.29, 0.717) is 6.42 Å². The molecule has 1 aliphatic carbocycles. The van der Waals surface area contributed by atoms with Gasteiger partial charge < -0.3 is 4.74 Å². The number of methoxy groups -OCH3 is 1. The van der Waals surface area contributed by atoms with Gasteiger partial charge in [0.1, 0.15) is 5.75 Å². The maximum atomic E-state index is 12.6. The summed E-state index contributed by atoms with van der Waals surface area (Å²) in [4.78, 5) is 16.9. The molecule has 3 aromatic rings. The maximum absolute atomic E-state index is 12.6. The van der Waals surface area contributed by atoms with Crippen molar-refractivity contribution >= 4 is 22.8 Å². The lowest BCUT2D eigenvalue weighted by Gasteiger charge is -2.01. The Morgan fingerprint density at radius 3 is 2.91 bits per heavy atom. The van der Waals surface area contributed by atoms with Crippen molar-refractivity contribution in [3.8, 4) is 5.75 Å². The van der Waals surface area contributed by atoms with Crippen molar-refractivity contribution in [1.82, 2.24) is 4.98 Å². The predicted molar refractivity (Wildman–Crippen MR) is 90.7 cm³/mol. The second-order valence-electron chi connectivity index (χ2n) is 5.65. The number of nitrogens with zero attached hydrogens (tertiary/aromatic N) is 1. The monoisotopic (exact) mass is 301 g/mol. The average Bonchev–Trinajstić information content (AvgIpc) is 2.90. The standard InChI is InChI=1S/C20H15NO2/c1-23-17-6-5-14-11-16(20(22)18(14)12-17)10-13-4-7-19-15(9-13)3-2-8-21-19/h2-10,12H,11H2,1H3. The summed E-state index contributed by atoms with van der Waals surface area (Å²) >= 11 is 0. The van der Waals surface area contributed by atoms with Gasteiger partial charge in [-0.25, -0.2) is 0 Å². The van der Waals surface area contributed by atoms with Gasteiger partial charge in [-0.1, -0.05) is 18.2 Å². The lowest BCUT2D eigenvalue weighted by Crippen LogP contribution is -1.96. The molecular weight excluding hydrogens is 286 g/mol. The fraction of sp³-hybridized carbons (Fsp3) is 0.100. The first-order valence-corrected chi connectivity index (χ1v) is 7.51. The van der Waals surface area contributed by atoms with Crippen LogP contribution >= 0.6 is 0 Å². The number of aromatic nitrogens is 1. The van der Waals surface area contributed by atoms with Gasteiger partial charge in [0.15, 0.2) is 5.78 Å². The highest BCUT2D eigenvalue weighted by molar-refractivity contribution is 6.15. The Morgan fingerprint density at radius 2 is 2.04 bits per heavy atom. The number of rotatable bonds is 2. The number of hydrogen-bond acceptors (Lipinski definition) is 3. The van der Waals surface area contributed by atoms with E-state index in [-0.39, 0.29) is 5.78 Å². The van der Waals surface area contributed by atoms with Gasteiger partial charge in [0, 0.05) is 29.1 Å². The van der Waals surface area contributed by atoms with E-state index in [9.17, 15) is 4.79 Å². The van der Waals surface area contributed by atoms with E-state index in [0.717, 1.165) is 38.9 Å². The van der Waals surface area contributed by atoms with E-state index in [1.807, 2.05) is 48.5 Å². The van der Waals surface area contributed by atoms with Crippen molar-refractivity contribution in [2.45, 2.75) is 6.42 Å². The molecule has 0 radical (unpaired) electrons. The number of hydrogen-bond donors (Lipinski definition) is 0. The van der Waals surface area contributed by atoms with E-state index in [1.165, 1.54) is 0 Å². The number of carbonyl (C=O) groups is 1. The summed E-state index contributed by atoms with van der Waals surface area (Å²) in [5.74, 6) is 0.806. The fourth-order valence-corrected chi connectivity index (χ4v) is 3.01. The van der Waals surface area contributed by atoms with Gasteiger partial charge in [-0.15, -0.1) is 0 Å². The van der Waals surface area contributed by atoms with Crippen LogP contribution in [0.4, 0.5) is 0 Å². The Labute approximate surface area is 134 Å². The third kappa shape index (κ3) is 2.40. The molecule has 0 aliphatic heterocycles. The number of fused-ring (bicyclic) bond motifs is 2. The Hall–Kier alpha value is -2.94. The van der Waals surface area contributed by atoms with Gasteiger partial charge in [-0.3, -0.25) is 9.78 Å². The molecule has 1 aromatic heterocycles. The van der Waals surface area contributed by atoms with Crippen LogP contribution in [0.15, 0.2) is 60.3 Å². The Morgan fingerprint density at radius 1 is 1.13 bits per heavy atom. The van der Waals surface area contributed by atoms with Crippen LogP contribution in [0.2, 0.25) is 0 Å². The summed E-state index contributed by atoms with van der Waals surface area (Å²) < 4.78 is 5.21. The number of carbonyl (C=O) groups excluding carboxylic acids is 1. The third-order valence-corrected chi connectivity index (χ3v) is 4.20. The average molecular weight is 301 g/mol. The molecule has 0 atom stereocenters. The minimum atomic E-state index is 0.0881. The van der Waals surface area contributed by atoms with Crippen molar-refractivity contribution in [1.29, 1.82) is 0 Å². The number of allylic oxidation sites excluding steroid dienone is 1. The summed E-state index contributed by atoms with van der Waals surface area (Å²) in [7, 11) is 1.61. The van der Waals surface area contributed by atoms with Crippen molar-refractivity contribution in [2.75, 3.05) is 7.11 Å². The molecule has 0 amide bonds.